The zero-order chi connectivity index (χ0) is 12.3. The normalized spacial score (nSPS) is 24.4. The number of fused-ring (bicyclic) bond motifs is 1. The summed E-state index contributed by atoms with van der Waals surface area (Å²) in [6.45, 7) is 4.94. The van der Waals surface area contributed by atoms with Crippen molar-refractivity contribution in [2.24, 2.45) is 0 Å². The van der Waals surface area contributed by atoms with Gasteiger partial charge >= 0.3 is 0 Å². The van der Waals surface area contributed by atoms with Gasteiger partial charge in [0.1, 0.15) is 6.04 Å². The first kappa shape index (κ1) is 12.4. The first-order valence-corrected chi connectivity index (χ1v) is 6.40. The molecule has 0 aromatic rings. The second-order valence-corrected chi connectivity index (χ2v) is 4.56. The van der Waals surface area contributed by atoms with Crippen LogP contribution in [-0.2, 0) is 14.3 Å². The topological polar surface area (TPSA) is 49.9 Å². The van der Waals surface area contributed by atoms with Crippen LogP contribution < -0.4 is 0 Å². The molecule has 0 spiro atoms. The smallest absolute Gasteiger partial charge is 0.245 e. The van der Waals surface area contributed by atoms with Crippen LogP contribution in [-0.4, -0.2) is 60.5 Å². The number of hydrogen-bond acceptors (Lipinski definition) is 3. The molecule has 0 aromatic heterocycles. The molecule has 2 saturated heterocycles. The minimum absolute atomic E-state index is 0.100. The fourth-order valence-corrected chi connectivity index (χ4v) is 2.56. The van der Waals surface area contributed by atoms with Crippen LogP contribution in [0.2, 0.25) is 0 Å². The Morgan fingerprint density at radius 3 is 3.00 bits per heavy atom. The van der Waals surface area contributed by atoms with E-state index in [1.807, 2.05) is 6.92 Å². The van der Waals surface area contributed by atoms with E-state index in [4.69, 9.17) is 4.74 Å². The van der Waals surface area contributed by atoms with E-state index < -0.39 is 0 Å². The number of rotatable bonds is 5. The highest BCUT2D eigenvalue weighted by atomic mass is 16.5. The predicted molar refractivity (Wildman–Crippen MR) is 62.4 cm³/mol. The highest BCUT2D eigenvalue weighted by Crippen LogP contribution is 2.23. The maximum Gasteiger partial charge on any atom is 0.245 e. The van der Waals surface area contributed by atoms with Crippen molar-refractivity contribution in [3.63, 3.8) is 0 Å². The van der Waals surface area contributed by atoms with E-state index in [0.29, 0.717) is 19.8 Å². The lowest BCUT2D eigenvalue weighted by molar-refractivity contribution is -0.153. The van der Waals surface area contributed by atoms with Crippen molar-refractivity contribution in [3.05, 3.63) is 0 Å². The van der Waals surface area contributed by atoms with Gasteiger partial charge in [-0.1, -0.05) is 0 Å². The van der Waals surface area contributed by atoms with Crippen molar-refractivity contribution in [2.45, 2.75) is 32.2 Å². The molecule has 0 radical (unpaired) electrons. The standard InChI is InChI=1S/C12H20N2O3/c1-2-17-8-4-6-13-9-11(15)14-7-3-5-10(14)12(13)16/h10H,2-9H2,1H3. The largest absolute Gasteiger partial charge is 0.382 e. The summed E-state index contributed by atoms with van der Waals surface area (Å²) in [5, 5.41) is 0. The quantitative estimate of drug-likeness (QED) is 0.647. The molecule has 2 fully saturated rings. The molecule has 5 nitrogen and oxygen atoms in total. The van der Waals surface area contributed by atoms with E-state index in [9.17, 15) is 9.59 Å². The van der Waals surface area contributed by atoms with Gasteiger partial charge in [0, 0.05) is 26.3 Å². The van der Waals surface area contributed by atoms with Crippen molar-refractivity contribution >= 4 is 11.8 Å². The fraction of sp³-hybridized carbons (Fsp3) is 0.833. The minimum atomic E-state index is -0.177. The summed E-state index contributed by atoms with van der Waals surface area (Å²) < 4.78 is 5.24. The Hall–Kier alpha value is -1.10. The third-order valence-electron chi connectivity index (χ3n) is 3.42. The summed E-state index contributed by atoms with van der Waals surface area (Å²) in [6, 6.07) is -0.177. The van der Waals surface area contributed by atoms with Crippen LogP contribution >= 0.6 is 0 Å². The Morgan fingerprint density at radius 1 is 1.41 bits per heavy atom. The third kappa shape index (κ3) is 2.60. The lowest BCUT2D eigenvalue weighted by atomic mass is 10.1. The van der Waals surface area contributed by atoms with Crippen LogP contribution in [0.25, 0.3) is 0 Å². The van der Waals surface area contributed by atoms with Crippen LogP contribution in [0.4, 0.5) is 0 Å². The molecule has 0 N–H and O–H groups in total. The third-order valence-corrected chi connectivity index (χ3v) is 3.42. The molecule has 2 aliphatic rings. The molecule has 0 aliphatic carbocycles. The molecular formula is C12H20N2O3. The zero-order valence-electron chi connectivity index (χ0n) is 10.4. The van der Waals surface area contributed by atoms with Crippen LogP contribution in [0.3, 0.4) is 0 Å². The highest BCUT2D eigenvalue weighted by molar-refractivity contribution is 5.95. The number of carbonyl (C=O) groups is 2. The highest BCUT2D eigenvalue weighted by Gasteiger charge is 2.41. The van der Waals surface area contributed by atoms with Gasteiger partial charge in [0.15, 0.2) is 0 Å². The van der Waals surface area contributed by atoms with Crippen LogP contribution in [0.5, 0.6) is 0 Å². The Labute approximate surface area is 102 Å². The summed E-state index contributed by atoms with van der Waals surface area (Å²) in [7, 11) is 0. The van der Waals surface area contributed by atoms with Gasteiger partial charge in [-0.2, -0.15) is 0 Å². The molecule has 2 aliphatic heterocycles. The molecule has 0 aromatic carbocycles. The predicted octanol–water partition coefficient (Wildman–Crippen LogP) is 0.246. The molecule has 1 unspecified atom stereocenters. The molecule has 1 atom stereocenters. The summed E-state index contributed by atoms with van der Waals surface area (Å²) in [4.78, 5) is 27.4. The number of hydrogen-bond donors (Lipinski definition) is 0. The Kier molecular flexibility index (Phi) is 3.99. The first-order valence-electron chi connectivity index (χ1n) is 6.40. The lowest BCUT2D eigenvalue weighted by Crippen LogP contribution is -2.57. The van der Waals surface area contributed by atoms with Gasteiger partial charge in [-0.15, -0.1) is 0 Å². The Bertz CT molecular complexity index is 306. The first-order chi connectivity index (χ1) is 8.24. The van der Waals surface area contributed by atoms with Gasteiger partial charge in [-0.05, 0) is 26.2 Å². The molecule has 2 amide bonds. The van der Waals surface area contributed by atoms with Crippen LogP contribution in [0.1, 0.15) is 26.2 Å². The van der Waals surface area contributed by atoms with Gasteiger partial charge in [-0.3, -0.25) is 9.59 Å². The molecular weight excluding hydrogens is 220 g/mol. The van der Waals surface area contributed by atoms with Gasteiger partial charge in [-0.25, -0.2) is 0 Å². The summed E-state index contributed by atoms with van der Waals surface area (Å²) in [6.07, 6.45) is 2.58. The second-order valence-electron chi connectivity index (χ2n) is 4.56. The van der Waals surface area contributed by atoms with Crippen molar-refractivity contribution < 1.29 is 14.3 Å². The van der Waals surface area contributed by atoms with E-state index in [2.05, 4.69) is 0 Å². The Balaban J connectivity index is 1.86. The molecule has 17 heavy (non-hydrogen) atoms. The van der Waals surface area contributed by atoms with Crippen molar-refractivity contribution in [1.82, 2.24) is 9.80 Å². The summed E-state index contributed by atoms with van der Waals surface area (Å²) in [5.41, 5.74) is 0. The van der Waals surface area contributed by atoms with E-state index in [1.54, 1.807) is 9.80 Å². The van der Waals surface area contributed by atoms with Gasteiger partial charge in [0.05, 0.1) is 6.54 Å². The molecule has 0 saturated carbocycles. The van der Waals surface area contributed by atoms with E-state index >= 15 is 0 Å². The lowest BCUT2D eigenvalue weighted by Gasteiger charge is -2.36. The van der Waals surface area contributed by atoms with Crippen molar-refractivity contribution in [1.29, 1.82) is 0 Å². The van der Waals surface area contributed by atoms with E-state index in [1.165, 1.54) is 0 Å². The van der Waals surface area contributed by atoms with Gasteiger partial charge in [0.25, 0.3) is 0 Å². The summed E-state index contributed by atoms with van der Waals surface area (Å²) >= 11 is 0. The van der Waals surface area contributed by atoms with Crippen LogP contribution in [0.15, 0.2) is 0 Å². The second kappa shape index (κ2) is 5.49. The van der Waals surface area contributed by atoms with Gasteiger partial charge in [0.2, 0.25) is 11.8 Å². The maximum absolute atomic E-state index is 12.1. The van der Waals surface area contributed by atoms with E-state index in [-0.39, 0.29) is 24.4 Å². The zero-order valence-corrected chi connectivity index (χ0v) is 10.4. The molecule has 96 valence electrons. The van der Waals surface area contributed by atoms with Crippen molar-refractivity contribution in [2.75, 3.05) is 32.8 Å². The maximum atomic E-state index is 12.1. The number of piperazine rings is 1. The summed E-state index contributed by atoms with van der Waals surface area (Å²) in [5.74, 6) is 0.224. The van der Waals surface area contributed by atoms with Gasteiger partial charge < -0.3 is 14.5 Å². The molecule has 2 heterocycles. The van der Waals surface area contributed by atoms with E-state index in [0.717, 1.165) is 25.8 Å². The molecule has 5 heteroatoms. The average molecular weight is 240 g/mol. The number of amides is 2. The monoisotopic (exact) mass is 240 g/mol. The van der Waals surface area contributed by atoms with Crippen molar-refractivity contribution in [3.8, 4) is 0 Å². The number of ether oxygens (including phenoxy) is 1. The molecule has 0 bridgehead atoms. The number of nitrogens with zero attached hydrogens (tertiary/aromatic N) is 2. The molecule has 2 rings (SSSR count). The van der Waals surface area contributed by atoms with Crippen LogP contribution in [0, 0.1) is 0 Å². The number of carbonyl (C=O) groups excluding carboxylic acids is 2. The average Bonchev–Trinajstić information content (AvgIpc) is 2.80. The minimum Gasteiger partial charge on any atom is -0.382 e. The SMILES string of the molecule is CCOCCCN1CC(=O)N2CCCC2C1=O. The Morgan fingerprint density at radius 2 is 2.24 bits per heavy atom. The fourth-order valence-electron chi connectivity index (χ4n) is 2.56.